The van der Waals surface area contributed by atoms with Crippen LogP contribution in [0, 0.1) is 6.92 Å². The number of amides is 2. The molecular formula is C27H29N3O4S. The van der Waals surface area contributed by atoms with Crippen molar-refractivity contribution >= 4 is 33.2 Å². The van der Waals surface area contributed by atoms with Crippen LogP contribution in [0.15, 0.2) is 77.7 Å². The first-order valence-corrected chi connectivity index (χ1v) is 13.0. The number of hydrogen-bond acceptors (Lipinski definition) is 4. The summed E-state index contributed by atoms with van der Waals surface area (Å²) in [5, 5.41) is 2.83. The topological polar surface area (TPSA) is 95.6 Å². The van der Waals surface area contributed by atoms with Crippen molar-refractivity contribution in [1.29, 1.82) is 0 Å². The summed E-state index contributed by atoms with van der Waals surface area (Å²) >= 11 is 0. The van der Waals surface area contributed by atoms with Crippen LogP contribution in [0.1, 0.15) is 30.5 Å². The van der Waals surface area contributed by atoms with Crippen LogP contribution in [0.2, 0.25) is 0 Å². The van der Waals surface area contributed by atoms with E-state index < -0.39 is 22.0 Å². The zero-order valence-corrected chi connectivity index (χ0v) is 20.8. The highest BCUT2D eigenvalue weighted by Crippen LogP contribution is 2.34. The van der Waals surface area contributed by atoms with Gasteiger partial charge < -0.3 is 10.2 Å². The summed E-state index contributed by atoms with van der Waals surface area (Å²) < 4.78 is 29.3. The Balaban J connectivity index is 1.61. The first-order valence-electron chi connectivity index (χ1n) is 11.5. The molecule has 3 aromatic rings. The molecule has 0 aromatic heterocycles. The number of hydrogen-bond donors (Lipinski definition) is 2. The fraction of sp³-hybridized carbons (Fsp3) is 0.259. The lowest BCUT2D eigenvalue weighted by atomic mass is 10.1. The molecule has 35 heavy (non-hydrogen) atoms. The number of carbonyl (C=O) groups excluding carboxylic acids is 2. The maximum Gasteiger partial charge on any atom is 0.242 e. The average Bonchev–Trinajstić information content (AvgIpc) is 3.14. The van der Waals surface area contributed by atoms with Gasteiger partial charge >= 0.3 is 0 Å². The lowest BCUT2D eigenvalue weighted by molar-refractivity contribution is -0.118. The molecule has 1 heterocycles. The van der Waals surface area contributed by atoms with Crippen molar-refractivity contribution in [1.82, 2.24) is 4.72 Å². The van der Waals surface area contributed by atoms with E-state index in [-0.39, 0.29) is 23.3 Å². The number of rotatable bonds is 7. The molecule has 0 unspecified atom stereocenters. The third-order valence-corrected chi connectivity index (χ3v) is 7.57. The second-order valence-corrected chi connectivity index (χ2v) is 10.7. The van der Waals surface area contributed by atoms with Gasteiger partial charge in [-0.3, -0.25) is 9.59 Å². The number of nitrogens with zero attached hydrogens (tertiary/aromatic N) is 1. The van der Waals surface area contributed by atoms with Crippen molar-refractivity contribution in [2.45, 2.75) is 50.6 Å². The number of sulfonamides is 1. The van der Waals surface area contributed by atoms with Crippen molar-refractivity contribution in [2.75, 3.05) is 10.2 Å². The van der Waals surface area contributed by atoms with Crippen molar-refractivity contribution in [3.8, 4) is 0 Å². The normalized spacial score (nSPS) is 16.0. The molecule has 182 valence electrons. The molecule has 2 amide bonds. The van der Waals surface area contributed by atoms with Crippen LogP contribution in [-0.4, -0.2) is 32.3 Å². The Bertz CT molecular complexity index is 1360. The van der Waals surface area contributed by atoms with Gasteiger partial charge in [0.15, 0.2) is 0 Å². The lowest BCUT2D eigenvalue weighted by Crippen LogP contribution is -2.45. The van der Waals surface area contributed by atoms with E-state index in [1.807, 2.05) is 62.4 Å². The predicted octanol–water partition coefficient (Wildman–Crippen LogP) is 3.82. The van der Waals surface area contributed by atoms with Gasteiger partial charge in [-0.25, -0.2) is 8.42 Å². The zero-order valence-electron chi connectivity index (χ0n) is 20.0. The minimum absolute atomic E-state index is 0.0423. The molecule has 2 N–H and O–H groups in total. The van der Waals surface area contributed by atoms with E-state index in [0.717, 1.165) is 22.4 Å². The average molecular weight is 492 g/mol. The number of aryl methyl sites for hydroxylation is 1. The van der Waals surface area contributed by atoms with Gasteiger partial charge in [0.2, 0.25) is 21.8 Å². The van der Waals surface area contributed by atoms with E-state index in [1.165, 1.54) is 13.0 Å². The van der Waals surface area contributed by atoms with Crippen molar-refractivity contribution in [3.63, 3.8) is 0 Å². The van der Waals surface area contributed by atoms with Crippen molar-refractivity contribution in [2.24, 2.45) is 0 Å². The monoisotopic (exact) mass is 491 g/mol. The largest absolute Gasteiger partial charge is 0.325 e. The van der Waals surface area contributed by atoms with Crippen molar-refractivity contribution < 1.29 is 18.0 Å². The Kier molecular flexibility index (Phi) is 7.05. The molecule has 7 nitrogen and oxygen atoms in total. The van der Waals surface area contributed by atoms with E-state index >= 15 is 0 Å². The van der Waals surface area contributed by atoms with Crippen LogP contribution in [0.4, 0.5) is 11.4 Å². The Morgan fingerprint density at radius 1 is 1.03 bits per heavy atom. The second kappa shape index (κ2) is 10.0. The molecule has 1 aliphatic rings. The number of carbonyl (C=O) groups is 2. The molecule has 3 aromatic carbocycles. The molecule has 0 fully saturated rings. The molecule has 0 spiro atoms. The molecule has 0 saturated carbocycles. The lowest BCUT2D eigenvalue weighted by Gasteiger charge is -2.21. The fourth-order valence-corrected chi connectivity index (χ4v) is 5.75. The van der Waals surface area contributed by atoms with Crippen LogP contribution in [0.3, 0.4) is 0 Å². The van der Waals surface area contributed by atoms with Crippen molar-refractivity contribution in [3.05, 3.63) is 89.5 Å². The Morgan fingerprint density at radius 2 is 1.77 bits per heavy atom. The summed E-state index contributed by atoms with van der Waals surface area (Å²) in [4.78, 5) is 27.0. The summed E-state index contributed by atoms with van der Waals surface area (Å²) in [6, 6.07) is 20.3. The van der Waals surface area contributed by atoms with Gasteiger partial charge in [-0.15, -0.1) is 0 Å². The number of anilines is 2. The molecule has 2 atom stereocenters. The predicted molar refractivity (Wildman–Crippen MR) is 137 cm³/mol. The molecule has 8 heteroatoms. The smallest absolute Gasteiger partial charge is 0.242 e. The van der Waals surface area contributed by atoms with Gasteiger partial charge in [0.05, 0.1) is 4.90 Å². The summed E-state index contributed by atoms with van der Waals surface area (Å²) in [7, 11) is -4.02. The standard InChI is InChI=1S/C27H29N3O4S/c1-18-8-7-11-23(14-18)28-27(32)25(16-21-9-5-4-6-10-21)29-35(33,34)24-12-13-26-22(17-24)15-19(2)30(26)20(3)31/h4-14,17,19,25,29H,15-16H2,1-3H3,(H,28,32)/t19-,25+/m0/s1. The molecular weight excluding hydrogens is 462 g/mol. The van der Waals surface area contributed by atoms with Gasteiger partial charge in [0, 0.05) is 24.3 Å². The van der Waals surface area contributed by atoms with Crippen LogP contribution in [0.25, 0.3) is 0 Å². The summed E-state index contributed by atoms with van der Waals surface area (Å²) in [5.74, 6) is -0.527. The van der Waals surface area contributed by atoms with Gasteiger partial charge in [0.1, 0.15) is 6.04 Å². The quantitative estimate of drug-likeness (QED) is 0.525. The van der Waals surface area contributed by atoms with E-state index in [2.05, 4.69) is 10.0 Å². The van der Waals surface area contributed by atoms with Crippen LogP contribution in [-0.2, 0) is 32.5 Å². The molecule has 4 rings (SSSR count). The fourth-order valence-electron chi connectivity index (χ4n) is 4.50. The van der Waals surface area contributed by atoms with Crippen LogP contribution in [0.5, 0.6) is 0 Å². The number of fused-ring (bicyclic) bond motifs is 1. The first kappa shape index (κ1) is 24.6. The van der Waals surface area contributed by atoms with E-state index in [4.69, 9.17) is 0 Å². The van der Waals surface area contributed by atoms with Crippen LogP contribution >= 0.6 is 0 Å². The van der Waals surface area contributed by atoms with Gasteiger partial charge in [-0.2, -0.15) is 4.72 Å². The first-order chi connectivity index (χ1) is 16.6. The van der Waals surface area contributed by atoms with Gasteiger partial charge in [-0.05, 0) is 73.7 Å². The molecule has 1 aliphatic heterocycles. The Morgan fingerprint density at radius 3 is 2.46 bits per heavy atom. The van der Waals surface area contributed by atoms with E-state index in [1.54, 1.807) is 23.1 Å². The summed E-state index contributed by atoms with van der Waals surface area (Å²) in [5.41, 5.74) is 3.93. The maximum absolute atomic E-state index is 13.4. The Hall–Kier alpha value is -3.49. The SMILES string of the molecule is CC(=O)N1c2ccc(S(=O)(=O)N[C@H](Cc3ccccc3)C(=O)Nc3cccc(C)c3)cc2C[C@@H]1C. The highest BCUT2D eigenvalue weighted by molar-refractivity contribution is 7.89. The summed E-state index contributed by atoms with van der Waals surface area (Å²) in [6.07, 6.45) is 0.761. The highest BCUT2D eigenvalue weighted by atomic mass is 32.2. The maximum atomic E-state index is 13.4. The van der Waals surface area contributed by atoms with Gasteiger partial charge in [-0.1, -0.05) is 42.5 Å². The van der Waals surface area contributed by atoms with E-state index in [0.29, 0.717) is 12.1 Å². The Labute approximate surface area is 206 Å². The third-order valence-electron chi connectivity index (χ3n) is 6.10. The minimum atomic E-state index is -4.02. The molecule has 0 bridgehead atoms. The number of nitrogens with one attached hydrogen (secondary N) is 2. The third kappa shape index (κ3) is 5.61. The molecule has 0 aliphatic carbocycles. The van der Waals surface area contributed by atoms with E-state index in [9.17, 15) is 18.0 Å². The minimum Gasteiger partial charge on any atom is -0.325 e. The molecule has 0 saturated heterocycles. The molecule has 0 radical (unpaired) electrons. The van der Waals surface area contributed by atoms with Crippen LogP contribution < -0.4 is 14.9 Å². The number of benzene rings is 3. The second-order valence-electron chi connectivity index (χ2n) is 8.96. The summed E-state index contributed by atoms with van der Waals surface area (Å²) in [6.45, 7) is 5.35. The zero-order chi connectivity index (χ0) is 25.2. The van der Waals surface area contributed by atoms with Gasteiger partial charge in [0.25, 0.3) is 0 Å². The highest BCUT2D eigenvalue weighted by Gasteiger charge is 2.32.